The third kappa shape index (κ3) is 4.98. The van der Waals surface area contributed by atoms with Gasteiger partial charge in [0, 0.05) is 37.5 Å². The average Bonchev–Trinajstić information content (AvgIpc) is 3.25. The monoisotopic (exact) mass is 479 g/mol. The highest BCUT2D eigenvalue weighted by Crippen LogP contribution is 2.25. The lowest BCUT2D eigenvalue weighted by Gasteiger charge is -2.32. The standard InChI is InChI=1S/C26H26FN3O3S/c1-34(31,32)24-7-8-25-20(16-24)10-15-30(25)26-9-6-23(17-28-26)33-22-11-13-29(14-12-22)18-19-2-4-21(27)5-3-19/h2-10,15-17,22H,11-14,18H2,1H3. The molecule has 1 fully saturated rings. The first-order chi connectivity index (χ1) is 16.3. The Hall–Kier alpha value is -3.23. The number of hydrogen-bond acceptors (Lipinski definition) is 5. The first-order valence-corrected chi connectivity index (χ1v) is 13.2. The van der Waals surface area contributed by atoms with Gasteiger partial charge in [0.05, 0.1) is 16.6 Å². The van der Waals surface area contributed by atoms with Gasteiger partial charge in [-0.1, -0.05) is 12.1 Å². The van der Waals surface area contributed by atoms with E-state index in [1.54, 1.807) is 24.4 Å². The van der Waals surface area contributed by atoms with Crippen molar-refractivity contribution in [3.8, 4) is 11.6 Å². The van der Waals surface area contributed by atoms with Gasteiger partial charge < -0.3 is 9.30 Å². The molecule has 0 spiro atoms. The van der Waals surface area contributed by atoms with Crippen molar-refractivity contribution in [3.05, 3.63) is 84.4 Å². The zero-order chi connectivity index (χ0) is 23.7. The van der Waals surface area contributed by atoms with Crippen LogP contribution in [0.5, 0.6) is 5.75 Å². The molecular weight excluding hydrogens is 453 g/mol. The van der Waals surface area contributed by atoms with Gasteiger partial charge in [0.25, 0.3) is 0 Å². The summed E-state index contributed by atoms with van der Waals surface area (Å²) in [7, 11) is -3.25. The number of fused-ring (bicyclic) bond motifs is 1. The number of pyridine rings is 1. The lowest BCUT2D eigenvalue weighted by Crippen LogP contribution is -2.37. The molecule has 1 aliphatic rings. The van der Waals surface area contributed by atoms with Gasteiger partial charge in [-0.25, -0.2) is 17.8 Å². The van der Waals surface area contributed by atoms with Crippen LogP contribution in [0.25, 0.3) is 16.7 Å². The predicted molar refractivity (Wildman–Crippen MR) is 130 cm³/mol. The molecule has 5 rings (SSSR count). The Bertz CT molecular complexity index is 1390. The number of halogens is 1. The highest BCUT2D eigenvalue weighted by Gasteiger charge is 2.21. The Morgan fingerprint density at radius 3 is 2.47 bits per heavy atom. The van der Waals surface area contributed by atoms with Crippen LogP contribution in [-0.2, 0) is 16.4 Å². The van der Waals surface area contributed by atoms with Gasteiger partial charge in [-0.05, 0) is 66.9 Å². The van der Waals surface area contributed by atoms with Crippen molar-refractivity contribution < 1.29 is 17.5 Å². The summed E-state index contributed by atoms with van der Waals surface area (Å²) in [6, 6.07) is 17.5. The second-order valence-corrected chi connectivity index (χ2v) is 10.8. The summed E-state index contributed by atoms with van der Waals surface area (Å²) in [5.41, 5.74) is 2.01. The fourth-order valence-corrected chi connectivity index (χ4v) is 5.02. The molecule has 0 N–H and O–H groups in total. The summed E-state index contributed by atoms with van der Waals surface area (Å²) in [6.45, 7) is 2.68. The van der Waals surface area contributed by atoms with Crippen molar-refractivity contribution in [2.75, 3.05) is 19.3 Å². The van der Waals surface area contributed by atoms with Gasteiger partial charge in [0.15, 0.2) is 9.84 Å². The van der Waals surface area contributed by atoms with E-state index < -0.39 is 9.84 Å². The molecule has 176 valence electrons. The predicted octanol–water partition coefficient (Wildman–Crippen LogP) is 4.61. The van der Waals surface area contributed by atoms with E-state index >= 15 is 0 Å². The molecule has 2 aromatic carbocycles. The van der Waals surface area contributed by atoms with Gasteiger partial charge in [0.2, 0.25) is 0 Å². The summed E-state index contributed by atoms with van der Waals surface area (Å²) < 4.78 is 44.8. The molecule has 0 saturated carbocycles. The maximum atomic E-state index is 13.1. The van der Waals surface area contributed by atoms with Gasteiger partial charge in [-0.3, -0.25) is 4.90 Å². The number of ether oxygens (including phenoxy) is 1. The largest absolute Gasteiger partial charge is 0.489 e. The first kappa shape index (κ1) is 22.6. The molecule has 0 aliphatic carbocycles. The van der Waals surface area contributed by atoms with E-state index in [2.05, 4.69) is 9.88 Å². The molecule has 0 amide bonds. The number of sulfone groups is 1. The normalized spacial score (nSPS) is 15.6. The molecule has 0 unspecified atom stereocenters. The van der Waals surface area contributed by atoms with Crippen LogP contribution in [-0.4, -0.2) is 48.3 Å². The van der Waals surface area contributed by atoms with Crippen LogP contribution in [0.1, 0.15) is 18.4 Å². The topological polar surface area (TPSA) is 64.4 Å². The number of aromatic nitrogens is 2. The Kier molecular flexibility index (Phi) is 6.10. The van der Waals surface area contributed by atoms with Crippen molar-refractivity contribution in [2.24, 2.45) is 0 Å². The molecule has 3 heterocycles. The minimum absolute atomic E-state index is 0.138. The molecule has 1 saturated heterocycles. The molecule has 4 aromatic rings. The lowest BCUT2D eigenvalue weighted by molar-refractivity contribution is 0.0965. The third-order valence-electron chi connectivity index (χ3n) is 6.21. The quantitative estimate of drug-likeness (QED) is 0.404. The fourth-order valence-electron chi connectivity index (χ4n) is 4.36. The maximum Gasteiger partial charge on any atom is 0.175 e. The summed E-state index contributed by atoms with van der Waals surface area (Å²) in [6.07, 6.45) is 6.81. The second kappa shape index (κ2) is 9.19. The van der Waals surface area contributed by atoms with Crippen molar-refractivity contribution in [3.63, 3.8) is 0 Å². The molecule has 6 nitrogen and oxygen atoms in total. The van der Waals surface area contributed by atoms with E-state index in [0.29, 0.717) is 4.90 Å². The maximum absolute atomic E-state index is 13.1. The van der Waals surface area contributed by atoms with Crippen LogP contribution in [0.3, 0.4) is 0 Å². The van der Waals surface area contributed by atoms with Crippen LogP contribution in [0.2, 0.25) is 0 Å². The summed E-state index contributed by atoms with van der Waals surface area (Å²) >= 11 is 0. The molecule has 8 heteroatoms. The summed E-state index contributed by atoms with van der Waals surface area (Å²) in [4.78, 5) is 7.23. The molecule has 2 aromatic heterocycles. The summed E-state index contributed by atoms with van der Waals surface area (Å²) in [5, 5.41) is 0.845. The van der Waals surface area contributed by atoms with Crippen LogP contribution < -0.4 is 4.74 Å². The first-order valence-electron chi connectivity index (χ1n) is 11.3. The number of likely N-dealkylation sites (tertiary alicyclic amines) is 1. The van der Waals surface area contributed by atoms with Gasteiger partial charge in [-0.2, -0.15) is 0 Å². The number of piperidine rings is 1. The Morgan fingerprint density at radius 1 is 1.03 bits per heavy atom. The molecule has 0 bridgehead atoms. The van der Waals surface area contributed by atoms with Crippen LogP contribution in [0.15, 0.2) is 78.0 Å². The van der Waals surface area contributed by atoms with Crippen LogP contribution >= 0.6 is 0 Å². The van der Waals surface area contributed by atoms with E-state index in [9.17, 15) is 12.8 Å². The van der Waals surface area contributed by atoms with E-state index in [4.69, 9.17) is 4.74 Å². The zero-order valence-corrected chi connectivity index (χ0v) is 19.7. The molecule has 1 aliphatic heterocycles. The van der Waals surface area contributed by atoms with E-state index in [1.807, 2.05) is 41.1 Å². The number of rotatable bonds is 6. The Morgan fingerprint density at radius 2 is 1.79 bits per heavy atom. The van der Waals surface area contributed by atoms with Gasteiger partial charge in [0.1, 0.15) is 23.5 Å². The zero-order valence-electron chi connectivity index (χ0n) is 18.9. The molecule has 0 radical (unpaired) electrons. The Balaban J connectivity index is 1.20. The van der Waals surface area contributed by atoms with Gasteiger partial charge >= 0.3 is 0 Å². The average molecular weight is 480 g/mol. The van der Waals surface area contributed by atoms with Gasteiger partial charge in [-0.15, -0.1) is 0 Å². The van der Waals surface area contributed by atoms with E-state index in [1.165, 1.54) is 18.4 Å². The smallest absolute Gasteiger partial charge is 0.175 e. The van der Waals surface area contributed by atoms with E-state index in [-0.39, 0.29) is 11.9 Å². The highest BCUT2D eigenvalue weighted by molar-refractivity contribution is 7.90. The van der Waals surface area contributed by atoms with E-state index in [0.717, 1.165) is 60.5 Å². The van der Waals surface area contributed by atoms with Crippen molar-refractivity contribution >= 4 is 20.7 Å². The van der Waals surface area contributed by atoms with Crippen molar-refractivity contribution in [1.29, 1.82) is 0 Å². The van der Waals surface area contributed by atoms with Crippen molar-refractivity contribution in [2.45, 2.75) is 30.4 Å². The second-order valence-electron chi connectivity index (χ2n) is 8.75. The minimum atomic E-state index is -3.25. The number of nitrogens with zero attached hydrogens (tertiary/aromatic N) is 3. The lowest BCUT2D eigenvalue weighted by atomic mass is 10.1. The fraction of sp³-hybridized carbons (Fsp3) is 0.269. The van der Waals surface area contributed by atoms with Crippen LogP contribution in [0.4, 0.5) is 4.39 Å². The minimum Gasteiger partial charge on any atom is -0.489 e. The number of hydrogen-bond donors (Lipinski definition) is 0. The third-order valence-corrected chi connectivity index (χ3v) is 7.32. The SMILES string of the molecule is CS(=O)(=O)c1ccc2c(ccn2-c2ccc(OC3CCN(Cc4ccc(F)cc4)CC3)cn2)c1. The number of benzene rings is 2. The Labute approximate surface area is 198 Å². The highest BCUT2D eigenvalue weighted by atomic mass is 32.2. The van der Waals surface area contributed by atoms with Crippen LogP contribution in [0, 0.1) is 5.82 Å². The molecular formula is C26H26FN3O3S. The van der Waals surface area contributed by atoms with Crippen molar-refractivity contribution in [1.82, 2.24) is 14.5 Å². The molecule has 0 atom stereocenters. The molecule has 34 heavy (non-hydrogen) atoms. The summed E-state index contributed by atoms with van der Waals surface area (Å²) in [5.74, 6) is 1.27.